The van der Waals surface area contributed by atoms with E-state index in [1.165, 1.54) is 24.8 Å². The smallest absolute Gasteiger partial charge is 0.118 e. The molecule has 0 unspecified atom stereocenters. The van der Waals surface area contributed by atoms with Crippen LogP contribution in [0.5, 0.6) is 5.75 Å². The largest absolute Gasteiger partial charge is 0.497 e. The SMILES string of the molecule is COc1ccc([C@H]2CCCCN2)cc1. The normalized spacial score (nSPS) is 21.9. The number of hydrogen-bond donors (Lipinski definition) is 1. The predicted molar refractivity (Wildman–Crippen MR) is 57.6 cm³/mol. The van der Waals surface area contributed by atoms with Gasteiger partial charge in [-0.3, -0.25) is 0 Å². The van der Waals surface area contributed by atoms with Crippen LogP contribution in [-0.4, -0.2) is 13.7 Å². The number of methoxy groups -OCH3 is 1. The lowest BCUT2D eigenvalue weighted by Gasteiger charge is -2.23. The lowest BCUT2D eigenvalue weighted by molar-refractivity contribution is 0.406. The van der Waals surface area contributed by atoms with Gasteiger partial charge in [-0.05, 0) is 37.1 Å². The fraction of sp³-hybridized carbons (Fsp3) is 0.500. The molecule has 1 fully saturated rings. The van der Waals surface area contributed by atoms with Crippen LogP contribution in [0.25, 0.3) is 0 Å². The Balaban J connectivity index is 2.07. The number of nitrogens with one attached hydrogen (secondary N) is 1. The van der Waals surface area contributed by atoms with E-state index in [-0.39, 0.29) is 0 Å². The van der Waals surface area contributed by atoms with Crippen LogP contribution in [0.1, 0.15) is 30.9 Å². The lowest BCUT2D eigenvalue weighted by atomic mass is 9.98. The van der Waals surface area contributed by atoms with E-state index in [2.05, 4.69) is 17.4 Å². The third kappa shape index (κ3) is 2.07. The highest BCUT2D eigenvalue weighted by atomic mass is 16.5. The van der Waals surface area contributed by atoms with Crippen LogP contribution in [0.4, 0.5) is 0 Å². The van der Waals surface area contributed by atoms with Crippen molar-refractivity contribution in [2.24, 2.45) is 0 Å². The van der Waals surface area contributed by atoms with Crippen molar-refractivity contribution in [3.8, 4) is 5.75 Å². The summed E-state index contributed by atoms with van der Waals surface area (Å²) < 4.78 is 5.14. The molecular formula is C12H17NO. The quantitative estimate of drug-likeness (QED) is 0.775. The Morgan fingerprint density at radius 1 is 1.21 bits per heavy atom. The number of piperidine rings is 1. The molecule has 1 aliphatic heterocycles. The van der Waals surface area contributed by atoms with Crippen LogP contribution in [0.2, 0.25) is 0 Å². The first-order valence-corrected chi connectivity index (χ1v) is 5.27. The van der Waals surface area contributed by atoms with E-state index in [0.29, 0.717) is 6.04 Å². The first kappa shape index (κ1) is 9.53. The molecule has 0 aromatic heterocycles. The van der Waals surface area contributed by atoms with E-state index in [1.54, 1.807) is 7.11 Å². The van der Waals surface area contributed by atoms with Gasteiger partial charge in [0.25, 0.3) is 0 Å². The molecule has 0 amide bonds. The Bertz CT molecular complexity index is 275. The molecule has 1 saturated heterocycles. The molecule has 1 N–H and O–H groups in total. The second-order valence-corrected chi connectivity index (χ2v) is 3.78. The minimum absolute atomic E-state index is 0.551. The molecule has 2 nitrogen and oxygen atoms in total. The summed E-state index contributed by atoms with van der Waals surface area (Å²) >= 11 is 0. The van der Waals surface area contributed by atoms with Crippen LogP contribution >= 0.6 is 0 Å². The first-order chi connectivity index (χ1) is 6.90. The van der Waals surface area contributed by atoms with Crippen molar-refractivity contribution in [3.05, 3.63) is 29.8 Å². The summed E-state index contributed by atoms with van der Waals surface area (Å²) in [6.45, 7) is 1.15. The van der Waals surface area contributed by atoms with Crippen molar-refractivity contribution in [3.63, 3.8) is 0 Å². The Morgan fingerprint density at radius 2 is 2.00 bits per heavy atom. The Kier molecular flexibility index (Phi) is 3.04. The number of ether oxygens (including phenoxy) is 1. The standard InChI is InChI=1S/C12H17NO/c1-14-11-7-5-10(6-8-11)12-4-2-3-9-13-12/h5-8,12-13H,2-4,9H2,1H3/t12-/m1/s1. The molecule has 0 aliphatic carbocycles. The molecule has 1 aliphatic rings. The van der Waals surface area contributed by atoms with Gasteiger partial charge in [0.05, 0.1) is 7.11 Å². The van der Waals surface area contributed by atoms with Crippen LogP contribution in [-0.2, 0) is 0 Å². The predicted octanol–water partition coefficient (Wildman–Crippen LogP) is 2.51. The molecule has 2 heteroatoms. The number of hydrogen-bond acceptors (Lipinski definition) is 2. The molecule has 1 atom stereocenters. The van der Waals surface area contributed by atoms with Crippen molar-refractivity contribution >= 4 is 0 Å². The first-order valence-electron chi connectivity index (χ1n) is 5.27. The van der Waals surface area contributed by atoms with Gasteiger partial charge in [-0.15, -0.1) is 0 Å². The second kappa shape index (κ2) is 4.47. The van der Waals surface area contributed by atoms with Crippen LogP contribution in [0.3, 0.4) is 0 Å². The molecular weight excluding hydrogens is 174 g/mol. The molecule has 0 bridgehead atoms. The minimum atomic E-state index is 0.551. The van der Waals surface area contributed by atoms with Crippen molar-refractivity contribution in [2.75, 3.05) is 13.7 Å². The van der Waals surface area contributed by atoms with E-state index in [4.69, 9.17) is 4.74 Å². The van der Waals surface area contributed by atoms with Crippen LogP contribution < -0.4 is 10.1 Å². The van der Waals surface area contributed by atoms with Crippen molar-refractivity contribution in [2.45, 2.75) is 25.3 Å². The van der Waals surface area contributed by atoms with Gasteiger partial charge in [0, 0.05) is 6.04 Å². The summed E-state index contributed by atoms with van der Waals surface area (Å²) in [5, 5.41) is 3.53. The van der Waals surface area contributed by atoms with E-state index < -0.39 is 0 Å². The van der Waals surface area contributed by atoms with Gasteiger partial charge >= 0.3 is 0 Å². The molecule has 14 heavy (non-hydrogen) atoms. The summed E-state index contributed by atoms with van der Waals surface area (Å²) in [7, 11) is 1.70. The highest BCUT2D eigenvalue weighted by Crippen LogP contribution is 2.24. The lowest BCUT2D eigenvalue weighted by Crippen LogP contribution is -2.26. The molecule has 0 saturated carbocycles. The zero-order chi connectivity index (χ0) is 9.80. The molecule has 1 aromatic rings. The third-order valence-corrected chi connectivity index (χ3v) is 2.83. The maximum absolute atomic E-state index is 5.14. The van der Waals surface area contributed by atoms with E-state index in [1.807, 2.05) is 12.1 Å². The average Bonchev–Trinajstić information content (AvgIpc) is 2.30. The second-order valence-electron chi connectivity index (χ2n) is 3.78. The highest BCUT2D eigenvalue weighted by molar-refractivity contribution is 5.29. The zero-order valence-electron chi connectivity index (χ0n) is 8.62. The van der Waals surface area contributed by atoms with Gasteiger partial charge in [-0.25, -0.2) is 0 Å². The highest BCUT2D eigenvalue weighted by Gasteiger charge is 2.13. The zero-order valence-corrected chi connectivity index (χ0v) is 8.62. The molecule has 0 radical (unpaired) electrons. The maximum atomic E-state index is 5.14. The van der Waals surface area contributed by atoms with Crippen LogP contribution in [0, 0.1) is 0 Å². The monoisotopic (exact) mass is 191 g/mol. The van der Waals surface area contributed by atoms with Crippen LogP contribution in [0.15, 0.2) is 24.3 Å². The minimum Gasteiger partial charge on any atom is -0.497 e. The van der Waals surface area contributed by atoms with Gasteiger partial charge in [0.1, 0.15) is 5.75 Å². The molecule has 1 heterocycles. The Hall–Kier alpha value is -1.02. The van der Waals surface area contributed by atoms with Gasteiger partial charge in [-0.1, -0.05) is 18.6 Å². The van der Waals surface area contributed by atoms with Gasteiger partial charge in [-0.2, -0.15) is 0 Å². The van der Waals surface area contributed by atoms with Crippen molar-refractivity contribution < 1.29 is 4.74 Å². The topological polar surface area (TPSA) is 21.3 Å². The number of benzene rings is 1. The molecule has 2 rings (SSSR count). The molecule has 76 valence electrons. The summed E-state index contributed by atoms with van der Waals surface area (Å²) in [4.78, 5) is 0. The van der Waals surface area contributed by atoms with Gasteiger partial charge in [0.2, 0.25) is 0 Å². The summed E-state index contributed by atoms with van der Waals surface area (Å²) in [5.41, 5.74) is 1.38. The number of rotatable bonds is 2. The fourth-order valence-electron chi connectivity index (χ4n) is 1.97. The molecule has 1 aromatic carbocycles. The maximum Gasteiger partial charge on any atom is 0.118 e. The average molecular weight is 191 g/mol. The summed E-state index contributed by atoms with van der Waals surface area (Å²) in [5.74, 6) is 0.935. The summed E-state index contributed by atoms with van der Waals surface area (Å²) in [6.07, 6.45) is 3.91. The fourth-order valence-corrected chi connectivity index (χ4v) is 1.97. The van der Waals surface area contributed by atoms with Crippen molar-refractivity contribution in [1.29, 1.82) is 0 Å². The summed E-state index contributed by atoms with van der Waals surface area (Å²) in [6, 6.07) is 8.93. The third-order valence-electron chi connectivity index (χ3n) is 2.83. The van der Waals surface area contributed by atoms with E-state index in [9.17, 15) is 0 Å². The Morgan fingerprint density at radius 3 is 2.57 bits per heavy atom. The van der Waals surface area contributed by atoms with Crippen molar-refractivity contribution in [1.82, 2.24) is 5.32 Å². The van der Waals surface area contributed by atoms with E-state index >= 15 is 0 Å². The Labute approximate surface area is 85.3 Å². The van der Waals surface area contributed by atoms with Gasteiger partial charge < -0.3 is 10.1 Å². The molecule has 0 spiro atoms. The van der Waals surface area contributed by atoms with Gasteiger partial charge in [0.15, 0.2) is 0 Å². The van der Waals surface area contributed by atoms with E-state index in [0.717, 1.165) is 12.3 Å².